The maximum atomic E-state index is 12.4. The molecule has 1 aliphatic rings. The fraction of sp³-hybridized carbons (Fsp3) is 0.471. The van der Waals surface area contributed by atoms with Crippen molar-refractivity contribution < 1.29 is 9.90 Å². The highest BCUT2D eigenvalue weighted by molar-refractivity contribution is 5.91. The normalized spacial score (nSPS) is 18.1. The fourth-order valence-electron chi connectivity index (χ4n) is 2.69. The third kappa shape index (κ3) is 3.64. The van der Waals surface area contributed by atoms with Crippen molar-refractivity contribution in [3.63, 3.8) is 0 Å². The first-order chi connectivity index (χ1) is 10.0. The standard InChI is InChI=1S/C17H24N2O2/c1-4-6-13-7-5-8-15(12(2)3)16(13)18-17(21)19-10-9-14(20)11-19/h4-5,7-8,12,14,20H,1,6,9-11H2,2-3H3,(H,18,21)/t14-/m0/s1. The lowest BCUT2D eigenvalue weighted by atomic mass is 9.96. The van der Waals surface area contributed by atoms with E-state index in [4.69, 9.17) is 0 Å². The van der Waals surface area contributed by atoms with E-state index in [2.05, 4.69) is 25.7 Å². The number of urea groups is 1. The van der Waals surface area contributed by atoms with Crippen LogP contribution in [0.2, 0.25) is 0 Å². The number of likely N-dealkylation sites (tertiary alicyclic amines) is 1. The maximum Gasteiger partial charge on any atom is 0.321 e. The molecule has 1 fully saturated rings. The molecule has 1 aromatic rings. The van der Waals surface area contributed by atoms with Crippen LogP contribution >= 0.6 is 0 Å². The molecule has 2 N–H and O–H groups in total. The monoisotopic (exact) mass is 288 g/mol. The molecular formula is C17H24N2O2. The van der Waals surface area contributed by atoms with E-state index >= 15 is 0 Å². The molecule has 2 rings (SSSR count). The number of rotatable bonds is 4. The molecule has 1 aromatic carbocycles. The summed E-state index contributed by atoms with van der Waals surface area (Å²) < 4.78 is 0. The van der Waals surface area contributed by atoms with Gasteiger partial charge in [0.1, 0.15) is 0 Å². The van der Waals surface area contributed by atoms with E-state index in [-0.39, 0.29) is 6.03 Å². The quantitative estimate of drug-likeness (QED) is 0.836. The van der Waals surface area contributed by atoms with E-state index < -0.39 is 6.10 Å². The number of para-hydroxylation sites is 1. The smallest absolute Gasteiger partial charge is 0.321 e. The summed E-state index contributed by atoms with van der Waals surface area (Å²) in [5.74, 6) is 0.328. The fourth-order valence-corrected chi connectivity index (χ4v) is 2.69. The molecule has 0 unspecified atom stereocenters. The first-order valence-electron chi connectivity index (χ1n) is 7.49. The molecule has 1 atom stereocenters. The van der Waals surface area contributed by atoms with Crippen molar-refractivity contribution in [2.24, 2.45) is 0 Å². The predicted octanol–water partition coefficient (Wildman–Crippen LogP) is 3.14. The van der Waals surface area contributed by atoms with Crippen LogP contribution in [-0.2, 0) is 6.42 Å². The van der Waals surface area contributed by atoms with Gasteiger partial charge in [-0.3, -0.25) is 0 Å². The second-order valence-corrected chi connectivity index (χ2v) is 5.85. The zero-order valence-corrected chi connectivity index (χ0v) is 12.8. The zero-order chi connectivity index (χ0) is 15.4. The van der Waals surface area contributed by atoms with Crippen LogP contribution in [0.15, 0.2) is 30.9 Å². The predicted molar refractivity (Wildman–Crippen MR) is 85.6 cm³/mol. The summed E-state index contributed by atoms with van der Waals surface area (Å²) in [5.41, 5.74) is 3.09. The molecule has 0 aliphatic carbocycles. The molecule has 1 heterocycles. The lowest BCUT2D eigenvalue weighted by Gasteiger charge is -2.21. The van der Waals surface area contributed by atoms with Crippen molar-refractivity contribution in [3.05, 3.63) is 42.0 Å². The van der Waals surface area contributed by atoms with E-state index in [1.807, 2.05) is 24.3 Å². The van der Waals surface area contributed by atoms with Gasteiger partial charge in [0.25, 0.3) is 0 Å². The summed E-state index contributed by atoms with van der Waals surface area (Å²) in [6.07, 6.45) is 2.82. The van der Waals surface area contributed by atoms with Crippen molar-refractivity contribution in [2.75, 3.05) is 18.4 Å². The number of amides is 2. The van der Waals surface area contributed by atoms with Crippen LogP contribution in [0.3, 0.4) is 0 Å². The molecule has 0 radical (unpaired) electrons. The third-order valence-corrected chi connectivity index (χ3v) is 3.85. The Kier molecular flexibility index (Phi) is 5.02. The highest BCUT2D eigenvalue weighted by Crippen LogP contribution is 2.29. The summed E-state index contributed by atoms with van der Waals surface area (Å²) in [7, 11) is 0. The Hall–Kier alpha value is -1.81. The third-order valence-electron chi connectivity index (χ3n) is 3.85. The van der Waals surface area contributed by atoms with Gasteiger partial charge in [-0.05, 0) is 29.9 Å². The van der Waals surface area contributed by atoms with Crippen molar-refractivity contribution in [1.82, 2.24) is 4.90 Å². The van der Waals surface area contributed by atoms with Crippen LogP contribution < -0.4 is 5.32 Å². The second kappa shape index (κ2) is 6.76. The van der Waals surface area contributed by atoms with E-state index in [0.717, 1.165) is 23.2 Å². The van der Waals surface area contributed by atoms with E-state index in [1.54, 1.807) is 4.90 Å². The Bertz CT molecular complexity index is 526. The average Bonchev–Trinajstić information content (AvgIpc) is 2.87. The van der Waals surface area contributed by atoms with Gasteiger partial charge in [-0.15, -0.1) is 6.58 Å². The number of anilines is 1. The minimum Gasteiger partial charge on any atom is -0.391 e. The molecule has 4 heteroatoms. The van der Waals surface area contributed by atoms with Crippen LogP contribution in [0.4, 0.5) is 10.5 Å². The first-order valence-corrected chi connectivity index (χ1v) is 7.49. The molecule has 114 valence electrons. The Morgan fingerprint density at radius 1 is 1.57 bits per heavy atom. The van der Waals surface area contributed by atoms with Gasteiger partial charge in [0.2, 0.25) is 0 Å². The molecule has 21 heavy (non-hydrogen) atoms. The van der Waals surface area contributed by atoms with Crippen LogP contribution in [0.1, 0.15) is 37.3 Å². The molecular weight excluding hydrogens is 264 g/mol. The van der Waals surface area contributed by atoms with Crippen molar-refractivity contribution in [1.29, 1.82) is 0 Å². The van der Waals surface area contributed by atoms with Crippen LogP contribution in [0.25, 0.3) is 0 Å². The number of β-amino-alcohol motifs (C(OH)–C–C–N with tert-alkyl or cyclic N) is 1. The lowest BCUT2D eigenvalue weighted by molar-refractivity contribution is 0.176. The number of nitrogens with zero attached hydrogens (tertiary/aromatic N) is 1. The van der Waals surface area contributed by atoms with Gasteiger partial charge in [-0.1, -0.05) is 38.1 Å². The minimum atomic E-state index is -0.399. The largest absolute Gasteiger partial charge is 0.391 e. The lowest BCUT2D eigenvalue weighted by Crippen LogP contribution is -2.34. The van der Waals surface area contributed by atoms with Gasteiger partial charge in [0.05, 0.1) is 6.10 Å². The topological polar surface area (TPSA) is 52.6 Å². The second-order valence-electron chi connectivity index (χ2n) is 5.85. The SMILES string of the molecule is C=CCc1cccc(C(C)C)c1NC(=O)N1CC[C@H](O)C1. The van der Waals surface area contributed by atoms with Gasteiger partial charge in [0.15, 0.2) is 0 Å². The van der Waals surface area contributed by atoms with Crippen molar-refractivity contribution >= 4 is 11.7 Å². The molecule has 0 aromatic heterocycles. The number of aliphatic hydroxyl groups is 1. The van der Waals surface area contributed by atoms with E-state index in [9.17, 15) is 9.90 Å². The van der Waals surface area contributed by atoms with Gasteiger partial charge in [-0.25, -0.2) is 4.79 Å². The Balaban J connectivity index is 2.24. The van der Waals surface area contributed by atoms with Crippen molar-refractivity contribution in [2.45, 2.75) is 38.7 Å². The summed E-state index contributed by atoms with van der Waals surface area (Å²) in [5, 5.41) is 12.6. The minimum absolute atomic E-state index is 0.134. The Morgan fingerprint density at radius 3 is 2.90 bits per heavy atom. The van der Waals surface area contributed by atoms with Gasteiger partial charge in [-0.2, -0.15) is 0 Å². The summed E-state index contributed by atoms with van der Waals surface area (Å²) >= 11 is 0. The van der Waals surface area contributed by atoms with Gasteiger partial charge in [0, 0.05) is 18.8 Å². The molecule has 1 saturated heterocycles. The first kappa shape index (κ1) is 15.6. The highest BCUT2D eigenvalue weighted by Gasteiger charge is 2.25. The Labute approximate surface area is 126 Å². The van der Waals surface area contributed by atoms with Gasteiger partial charge >= 0.3 is 6.03 Å². The van der Waals surface area contributed by atoms with Crippen LogP contribution in [0, 0.1) is 0 Å². The molecule has 0 bridgehead atoms. The number of hydrogen-bond donors (Lipinski definition) is 2. The number of allylic oxidation sites excluding steroid dienone is 1. The molecule has 2 amide bonds. The summed E-state index contributed by atoms with van der Waals surface area (Å²) in [6.45, 7) is 9.02. The number of carbonyl (C=O) groups excluding carboxylic acids is 1. The van der Waals surface area contributed by atoms with Crippen molar-refractivity contribution in [3.8, 4) is 0 Å². The number of carbonyl (C=O) groups is 1. The highest BCUT2D eigenvalue weighted by atomic mass is 16.3. The number of hydrogen-bond acceptors (Lipinski definition) is 2. The molecule has 1 aliphatic heterocycles. The molecule has 4 nitrogen and oxygen atoms in total. The van der Waals surface area contributed by atoms with Crippen LogP contribution in [0.5, 0.6) is 0 Å². The maximum absolute atomic E-state index is 12.4. The summed E-state index contributed by atoms with van der Waals surface area (Å²) in [4.78, 5) is 14.0. The summed E-state index contributed by atoms with van der Waals surface area (Å²) in [6, 6.07) is 5.95. The van der Waals surface area contributed by atoms with Gasteiger partial charge < -0.3 is 15.3 Å². The Morgan fingerprint density at radius 2 is 2.33 bits per heavy atom. The van der Waals surface area contributed by atoms with E-state index in [1.165, 1.54) is 0 Å². The zero-order valence-electron chi connectivity index (χ0n) is 12.8. The average molecular weight is 288 g/mol. The molecule has 0 saturated carbocycles. The van der Waals surface area contributed by atoms with Crippen LogP contribution in [-0.4, -0.2) is 35.2 Å². The molecule has 0 spiro atoms. The number of nitrogens with one attached hydrogen (secondary N) is 1. The number of aliphatic hydroxyl groups excluding tert-OH is 1. The van der Waals surface area contributed by atoms with E-state index in [0.29, 0.717) is 25.4 Å². The number of benzene rings is 1.